The normalized spacial score (nSPS) is 10.9. The predicted molar refractivity (Wildman–Crippen MR) is 130 cm³/mol. The Kier molecular flexibility index (Phi) is 11.6. The third kappa shape index (κ3) is 8.50. The highest BCUT2D eigenvalue weighted by atomic mass is 16.5. The zero-order valence-electron chi connectivity index (χ0n) is 19.5. The van der Waals surface area contributed by atoms with Crippen LogP contribution in [0, 0.1) is 0 Å². The van der Waals surface area contributed by atoms with Crippen LogP contribution in [0.15, 0.2) is 30.3 Å². The van der Waals surface area contributed by atoms with Crippen molar-refractivity contribution in [2.45, 2.75) is 78.1 Å². The maximum atomic E-state index is 12.5. The van der Waals surface area contributed by atoms with E-state index in [0.717, 1.165) is 12.8 Å². The molecule has 0 radical (unpaired) electrons. The molecule has 0 heterocycles. The van der Waals surface area contributed by atoms with Crippen molar-refractivity contribution in [1.29, 1.82) is 0 Å². The molecule has 6 nitrogen and oxygen atoms in total. The summed E-state index contributed by atoms with van der Waals surface area (Å²) >= 11 is 0. The Morgan fingerprint density at radius 3 is 2.19 bits per heavy atom. The average Bonchev–Trinajstić information content (AvgIpc) is 2.77. The van der Waals surface area contributed by atoms with Crippen molar-refractivity contribution >= 4 is 28.3 Å². The Balaban J connectivity index is 1.67. The topological polar surface area (TPSA) is 87.7 Å². The number of aromatic hydroxyl groups is 1. The third-order valence-corrected chi connectivity index (χ3v) is 5.57. The number of carbonyl (C=O) groups is 2. The van der Waals surface area contributed by atoms with Gasteiger partial charge in [0.15, 0.2) is 0 Å². The molecule has 2 aromatic rings. The maximum Gasteiger partial charge on any atom is 0.256 e. The lowest BCUT2D eigenvalue weighted by molar-refractivity contribution is -0.114. The van der Waals surface area contributed by atoms with Crippen LogP contribution in [0.3, 0.4) is 0 Å². The number of ether oxygens (including phenoxy) is 1. The summed E-state index contributed by atoms with van der Waals surface area (Å²) in [6, 6.07) is 8.48. The molecule has 0 atom stereocenters. The second-order valence-corrected chi connectivity index (χ2v) is 8.28. The number of hydrogen-bond acceptors (Lipinski definition) is 4. The van der Waals surface area contributed by atoms with Gasteiger partial charge in [-0.2, -0.15) is 0 Å². The molecule has 0 spiro atoms. The Hall–Kier alpha value is -2.60. The number of anilines is 1. The summed E-state index contributed by atoms with van der Waals surface area (Å²) < 4.78 is 5.53. The summed E-state index contributed by atoms with van der Waals surface area (Å²) in [5, 5.41) is 17.2. The fourth-order valence-electron chi connectivity index (χ4n) is 3.80. The number of amides is 2. The number of phenols is 1. The van der Waals surface area contributed by atoms with Crippen LogP contribution in [-0.2, 0) is 9.53 Å². The SMILES string of the molecule is CCCCCCCCCCCCOCNC(=O)c1ccc2c(NC(C)=O)cccc2c1O. The zero-order chi connectivity index (χ0) is 23.2. The number of rotatable bonds is 15. The first-order chi connectivity index (χ1) is 15.5. The Labute approximate surface area is 191 Å². The quantitative estimate of drug-likeness (QED) is 0.229. The van der Waals surface area contributed by atoms with Gasteiger partial charge in [-0.3, -0.25) is 9.59 Å². The minimum Gasteiger partial charge on any atom is -0.506 e. The first kappa shape index (κ1) is 25.7. The van der Waals surface area contributed by atoms with Gasteiger partial charge >= 0.3 is 0 Å². The van der Waals surface area contributed by atoms with Crippen molar-refractivity contribution in [3.63, 3.8) is 0 Å². The minimum absolute atomic E-state index is 0.109. The summed E-state index contributed by atoms with van der Waals surface area (Å²) in [7, 11) is 0. The molecule has 2 aromatic carbocycles. The van der Waals surface area contributed by atoms with E-state index in [1.54, 1.807) is 30.3 Å². The summed E-state index contributed by atoms with van der Waals surface area (Å²) in [6.07, 6.45) is 12.7. The highest BCUT2D eigenvalue weighted by Gasteiger charge is 2.15. The molecule has 2 amide bonds. The summed E-state index contributed by atoms with van der Waals surface area (Å²) in [5.41, 5.74) is 0.775. The number of unbranched alkanes of at least 4 members (excludes halogenated alkanes) is 9. The van der Waals surface area contributed by atoms with E-state index in [-0.39, 0.29) is 24.0 Å². The second-order valence-electron chi connectivity index (χ2n) is 8.28. The van der Waals surface area contributed by atoms with Gasteiger partial charge < -0.3 is 20.5 Å². The van der Waals surface area contributed by atoms with Gasteiger partial charge in [-0.05, 0) is 18.6 Å². The van der Waals surface area contributed by atoms with Crippen molar-refractivity contribution in [3.8, 4) is 5.75 Å². The summed E-state index contributed by atoms with van der Waals surface area (Å²) in [5.74, 6) is -0.697. The number of phenolic OH excluding ortho intramolecular Hbond substituents is 1. The van der Waals surface area contributed by atoms with E-state index >= 15 is 0 Å². The van der Waals surface area contributed by atoms with Gasteiger partial charge in [0.05, 0.1) is 5.56 Å². The monoisotopic (exact) mass is 442 g/mol. The smallest absolute Gasteiger partial charge is 0.256 e. The fourth-order valence-corrected chi connectivity index (χ4v) is 3.80. The molecular weight excluding hydrogens is 404 g/mol. The van der Waals surface area contributed by atoms with Crippen LogP contribution >= 0.6 is 0 Å². The number of benzene rings is 2. The number of fused-ring (bicyclic) bond motifs is 1. The molecule has 2 rings (SSSR count). The van der Waals surface area contributed by atoms with Crippen molar-refractivity contribution < 1.29 is 19.4 Å². The van der Waals surface area contributed by atoms with Crippen molar-refractivity contribution in [2.24, 2.45) is 0 Å². The number of nitrogens with one attached hydrogen (secondary N) is 2. The van der Waals surface area contributed by atoms with E-state index in [2.05, 4.69) is 17.6 Å². The average molecular weight is 443 g/mol. The molecule has 0 saturated carbocycles. The van der Waals surface area contributed by atoms with Gasteiger partial charge in [0.1, 0.15) is 12.5 Å². The van der Waals surface area contributed by atoms with Crippen molar-refractivity contribution in [3.05, 3.63) is 35.9 Å². The minimum atomic E-state index is -0.391. The lowest BCUT2D eigenvalue weighted by Gasteiger charge is -2.12. The number of hydrogen-bond donors (Lipinski definition) is 3. The molecule has 0 unspecified atom stereocenters. The van der Waals surface area contributed by atoms with Crippen LogP contribution in [0.4, 0.5) is 5.69 Å². The van der Waals surface area contributed by atoms with Crippen LogP contribution in [-0.4, -0.2) is 30.3 Å². The largest absolute Gasteiger partial charge is 0.506 e. The zero-order valence-corrected chi connectivity index (χ0v) is 19.5. The number of carbonyl (C=O) groups excluding carboxylic acids is 2. The van der Waals surface area contributed by atoms with Crippen molar-refractivity contribution in [2.75, 3.05) is 18.7 Å². The Morgan fingerprint density at radius 1 is 0.875 bits per heavy atom. The van der Waals surface area contributed by atoms with Crippen molar-refractivity contribution in [1.82, 2.24) is 5.32 Å². The molecule has 32 heavy (non-hydrogen) atoms. The summed E-state index contributed by atoms with van der Waals surface area (Å²) in [6.45, 7) is 4.39. The first-order valence-electron chi connectivity index (χ1n) is 11.9. The first-order valence-corrected chi connectivity index (χ1v) is 11.9. The van der Waals surface area contributed by atoms with Gasteiger partial charge in [-0.1, -0.05) is 82.9 Å². The van der Waals surface area contributed by atoms with Crippen LogP contribution in [0.1, 0.15) is 88.4 Å². The van der Waals surface area contributed by atoms with E-state index in [9.17, 15) is 14.7 Å². The molecule has 0 aromatic heterocycles. The molecule has 3 N–H and O–H groups in total. The van der Waals surface area contributed by atoms with Gasteiger partial charge in [0, 0.05) is 30.0 Å². The molecule has 0 fully saturated rings. The van der Waals surface area contributed by atoms with E-state index < -0.39 is 5.91 Å². The van der Waals surface area contributed by atoms with E-state index in [1.807, 2.05) is 0 Å². The molecule has 0 bridgehead atoms. The standard InChI is InChI=1S/C26H38N2O4/c1-3-4-5-6-7-8-9-10-11-12-18-32-19-27-26(31)23-17-16-21-22(25(23)30)14-13-15-24(21)28-20(2)29/h13-17,30H,3-12,18-19H2,1-2H3,(H,27,31)(H,28,29). The highest BCUT2D eigenvalue weighted by molar-refractivity contribution is 6.08. The van der Waals surface area contributed by atoms with Gasteiger partial charge in [-0.25, -0.2) is 0 Å². The Morgan fingerprint density at radius 2 is 1.53 bits per heavy atom. The lowest BCUT2D eigenvalue weighted by Crippen LogP contribution is -2.26. The highest BCUT2D eigenvalue weighted by Crippen LogP contribution is 2.33. The third-order valence-electron chi connectivity index (χ3n) is 5.57. The Bertz CT molecular complexity index is 866. The molecule has 0 aliphatic carbocycles. The van der Waals surface area contributed by atoms with Crippen LogP contribution < -0.4 is 10.6 Å². The lowest BCUT2D eigenvalue weighted by atomic mass is 10.0. The predicted octanol–water partition coefficient (Wildman–Crippen LogP) is 6.13. The van der Waals surface area contributed by atoms with Gasteiger partial charge in [0.25, 0.3) is 5.91 Å². The molecule has 0 aliphatic heterocycles. The molecule has 6 heteroatoms. The molecule has 0 aliphatic rings. The van der Waals surface area contributed by atoms with E-state index in [1.165, 1.54) is 58.3 Å². The molecular formula is C26H38N2O4. The van der Waals surface area contributed by atoms with Gasteiger partial charge in [-0.15, -0.1) is 0 Å². The van der Waals surface area contributed by atoms with Crippen LogP contribution in [0.2, 0.25) is 0 Å². The molecule has 176 valence electrons. The van der Waals surface area contributed by atoms with Crippen LogP contribution in [0.25, 0.3) is 10.8 Å². The summed E-state index contributed by atoms with van der Waals surface area (Å²) in [4.78, 5) is 23.8. The van der Waals surface area contributed by atoms with Gasteiger partial charge in [0.2, 0.25) is 5.91 Å². The van der Waals surface area contributed by atoms with Crippen LogP contribution in [0.5, 0.6) is 5.75 Å². The molecule has 0 saturated heterocycles. The second kappa shape index (κ2) is 14.5. The maximum absolute atomic E-state index is 12.5. The fraction of sp³-hybridized carbons (Fsp3) is 0.538. The van der Waals surface area contributed by atoms with E-state index in [0.29, 0.717) is 23.1 Å². The van der Waals surface area contributed by atoms with E-state index in [4.69, 9.17) is 4.74 Å².